The van der Waals surface area contributed by atoms with Crippen molar-refractivity contribution in [2.24, 2.45) is 0 Å². The average Bonchev–Trinajstić information content (AvgIpc) is 3.28. The van der Waals surface area contributed by atoms with Gasteiger partial charge in [0.1, 0.15) is 28.4 Å². The molecule has 4 rings (SSSR count). The van der Waals surface area contributed by atoms with Crippen LogP contribution in [0.15, 0.2) is 48.5 Å². The first kappa shape index (κ1) is 22.9. The van der Waals surface area contributed by atoms with Gasteiger partial charge in [0.25, 0.3) is 0 Å². The highest BCUT2D eigenvalue weighted by Crippen LogP contribution is 2.29. The van der Waals surface area contributed by atoms with E-state index in [0.29, 0.717) is 24.1 Å². The molecule has 7 nitrogen and oxygen atoms in total. The summed E-state index contributed by atoms with van der Waals surface area (Å²) in [4.78, 5) is 10.4. The molecule has 0 spiro atoms. The molecule has 0 saturated heterocycles. The largest absolute Gasteiger partial charge is 0.497 e. The van der Waals surface area contributed by atoms with Crippen LogP contribution in [0.4, 0.5) is 5.82 Å². The number of fused-ring (bicyclic) bond motifs is 1. The predicted octanol–water partition coefficient (Wildman–Crippen LogP) is 5.57. The molecule has 0 aliphatic rings. The maximum atomic E-state index is 6.38. The number of hydrogen-bond donors (Lipinski definition) is 1. The van der Waals surface area contributed by atoms with E-state index in [0.717, 1.165) is 58.7 Å². The molecular weight excluding hydrogens is 438 g/mol. The monoisotopic (exact) mass is 465 g/mol. The molecule has 0 atom stereocenters. The van der Waals surface area contributed by atoms with Gasteiger partial charge in [0.15, 0.2) is 11.0 Å². The molecule has 2 aromatic heterocycles. The predicted molar refractivity (Wildman–Crippen MR) is 131 cm³/mol. The number of hydrogen-bond acceptors (Lipinski definition) is 6. The SMILES string of the molecule is CCCCc1nc2c(N(Cc3ccc(OC)cc3)Cc3ccc(OC)cc3)nnc(Cl)c2[nH]1. The van der Waals surface area contributed by atoms with Crippen molar-refractivity contribution in [3.63, 3.8) is 0 Å². The van der Waals surface area contributed by atoms with Gasteiger partial charge in [0.05, 0.1) is 14.2 Å². The number of benzene rings is 2. The van der Waals surface area contributed by atoms with Gasteiger partial charge in [-0.1, -0.05) is 49.2 Å². The third-order valence-electron chi connectivity index (χ3n) is 5.54. The minimum Gasteiger partial charge on any atom is -0.497 e. The van der Waals surface area contributed by atoms with Crippen LogP contribution in [0.25, 0.3) is 11.0 Å². The van der Waals surface area contributed by atoms with Gasteiger partial charge in [0.2, 0.25) is 0 Å². The van der Waals surface area contributed by atoms with Crippen LogP contribution in [0.5, 0.6) is 11.5 Å². The molecule has 0 fully saturated rings. The number of anilines is 1. The lowest BCUT2D eigenvalue weighted by Crippen LogP contribution is -2.24. The Morgan fingerprint density at radius 3 is 1.97 bits per heavy atom. The van der Waals surface area contributed by atoms with Crippen LogP contribution in [0, 0.1) is 0 Å². The Kier molecular flexibility index (Phi) is 7.29. The Balaban J connectivity index is 1.72. The Bertz CT molecular complexity index is 1140. The molecule has 0 saturated carbocycles. The number of aromatic amines is 1. The van der Waals surface area contributed by atoms with Gasteiger partial charge < -0.3 is 19.4 Å². The number of methoxy groups -OCH3 is 2. The number of nitrogens with zero attached hydrogens (tertiary/aromatic N) is 4. The maximum absolute atomic E-state index is 6.38. The van der Waals surface area contributed by atoms with E-state index in [2.05, 4.69) is 51.3 Å². The van der Waals surface area contributed by atoms with Crippen LogP contribution in [0.2, 0.25) is 5.15 Å². The summed E-state index contributed by atoms with van der Waals surface area (Å²) in [5.41, 5.74) is 3.71. The van der Waals surface area contributed by atoms with Gasteiger partial charge in [-0.2, -0.15) is 0 Å². The molecule has 1 N–H and O–H groups in total. The number of unbranched alkanes of at least 4 members (excludes halogenated alkanes) is 1. The highest BCUT2D eigenvalue weighted by atomic mass is 35.5. The molecule has 0 aliphatic heterocycles. The number of imidazole rings is 1. The number of aromatic nitrogens is 4. The van der Waals surface area contributed by atoms with E-state index in [1.165, 1.54) is 0 Å². The lowest BCUT2D eigenvalue weighted by atomic mass is 10.1. The number of halogens is 1. The van der Waals surface area contributed by atoms with Crippen molar-refractivity contribution in [1.82, 2.24) is 20.2 Å². The van der Waals surface area contributed by atoms with Crippen LogP contribution in [0.1, 0.15) is 36.7 Å². The number of nitrogens with one attached hydrogen (secondary N) is 1. The molecule has 4 aromatic rings. The standard InChI is InChI=1S/C25H28ClN5O2/c1-4-5-6-21-27-22-23(28-21)25(30-29-24(22)26)31(15-17-7-11-19(32-2)12-8-17)16-18-9-13-20(33-3)14-10-18/h7-14H,4-6,15-16H2,1-3H3,(H,27,28). The van der Waals surface area contributed by atoms with Crippen molar-refractivity contribution in [1.29, 1.82) is 0 Å². The second-order valence-electron chi connectivity index (χ2n) is 7.88. The van der Waals surface area contributed by atoms with Gasteiger partial charge in [-0.3, -0.25) is 0 Å². The number of H-pyrrole nitrogens is 1. The highest BCUT2D eigenvalue weighted by Gasteiger charge is 2.20. The van der Waals surface area contributed by atoms with Crippen LogP contribution in [-0.2, 0) is 19.5 Å². The van der Waals surface area contributed by atoms with Gasteiger partial charge in [0, 0.05) is 19.5 Å². The van der Waals surface area contributed by atoms with Crippen molar-refractivity contribution in [3.8, 4) is 11.5 Å². The summed E-state index contributed by atoms with van der Waals surface area (Å²) >= 11 is 6.38. The molecule has 0 radical (unpaired) electrons. The van der Waals surface area contributed by atoms with Crippen LogP contribution in [0.3, 0.4) is 0 Å². The number of rotatable bonds is 10. The summed E-state index contributed by atoms with van der Waals surface area (Å²) in [6, 6.07) is 16.1. The minimum absolute atomic E-state index is 0.331. The molecule has 0 amide bonds. The lowest BCUT2D eigenvalue weighted by Gasteiger charge is -2.24. The second-order valence-corrected chi connectivity index (χ2v) is 8.24. The van der Waals surface area contributed by atoms with E-state index in [1.54, 1.807) is 14.2 Å². The van der Waals surface area contributed by atoms with Gasteiger partial charge in [-0.25, -0.2) is 4.98 Å². The molecule has 172 valence electrons. The van der Waals surface area contributed by atoms with E-state index in [1.807, 2.05) is 24.3 Å². The van der Waals surface area contributed by atoms with Gasteiger partial charge in [-0.05, 0) is 41.8 Å². The lowest BCUT2D eigenvalue weighted by molar-refractivity contribution is 0.414. The molecule has 0 aliphatic carbocycles. The summed E-state index contributed by atoms with van der Waals surface area (Å²) in [6.45, 7) is 3.41. The van der Waals surface area contributed by atoms with Crippen LogP contribution in [-0.4, -0.2) is 34.4 Å². The van der Waals surface area contributed by atoms with Crippen molar-refractivity contribution in [3.05, 3.63) is 70.6 Å². The first-order valence-electron chi connectivity index (χ1n) is 11.0. The summed E-state index contributed by atoms with van der Waals surface area (Å²) in [5.74, 6) is 3.24. The van der Waals surface area contributed by atoms with Gasteiger partial charge in [-0.15, -0.1) is 10.2 Å². The van der Waals surface area contributed by atoms with E-state index in [4.69, 9.17) is 26.1 Å². The molecule has 8 heteroatoms. The van der Waals surface area contributed by atoms with Crippen LogP contribution < -0.4 is 14.4 Å². The normalized spacial score (nSPS) is 11.0. The van der Waals surface area contributed by atoms with Crippen molar-refractivity contribution >= 4 is 28.5 Å². The smallest absolute Gasteiger partial charge is 0.180 e. The van der Waals surface area contributed by atoms with Gasteiger partial charge >= 0.3 is 0 Å². The van der Waals surface area contributed by atoms with E-state index in [9.17, 15) is 0 Å². The molecule has 2 aromatic carbocycles. The summed E-state index contributed by atoms with van der Waals surface area (Å²) in [6.07, 6.45) is 3.00. The molecule has 0 bridgehead atoms. The second kappa shape index (κ2) is 10.5. The van der Waals surface area contributed by atoms with Crippen molar-refractivity contribution in [2.45, 2.75) is 39.3 Å². The molecule has 2 heterocycles. The molecule has 33 heavy (non-hydrogen) atoms. The van der Waals surface area contributed by atoms with E-state index in [-0.39, 0.29) is 0 Å². The minimum atomic E-state index is 0.331. The zero-order chi connectivity index (χ0) is 23.2. The summed E-state index contributed by atoms with van der Waals surface area (Å²) in [5, 5.41) is 9.03. The fourth-order valence-corrected chi connectivity index (χ4v) is 3.88. The van der Waals surface area contributed by atoms with E-state index >= 15 is 0 Å². The first-order chi connectivity index (χ1) is 16.1. The quantitative estimate of drug-likeness (QED) is 0.330. The Hall–Kier alpha value is -3.32. The third-order valence-corrected chi connectivity index (χ3v) is 5.80. The summed E-state index contributed by atoms with van der Waals surface area (Å²) < 4.78 is 10.6. The zero-order valence-corrected chi connectivity index (χ0v) is 19.9. The summed E-state index contributed by atoms with van der Waals surface area (Å²) in [7, 11) is 3.33. The van der Waals surface area contributed by atoms with Crippen molar-refractivity contribution < 1.29 is 9.47 Å². The zero-order valence-electron chi connectivity index (χ0n) is 19.1. The fourth-order valence-electron chi connectivity index (χ4n) is 3.71. The number of ether oxygens (including phenoxy) is 2. The topological polar surface area (TPSA) is 76.2 Å². The molecule has 0 unspecified atom stereocenters. The first-order valence-corrected chi connectivity index (χ1v) is 11.4. The molecular formula is C25H28ClN5O2. The van der Waals surface area contributed by atoms with E-state index < -0.39 is 0 Å². The fraction of sp³-hybridized carbons (Fsp3) is 0.320. The maximum Gasteiger partial charge on any atom is 0.180 e. The Morgan fingerprint density at radius 1 is 0.879 bits per heavy atom. The Morgan fingerprint density at radius 2 is 1.45 bits per heavy atom. The third kappa shape index (κ3) is 5.37. The van der Waals surface area contributed by atoms with Crippen molar-refractivity contribution in [2.75, 3.05) is 19.1 Å². The highest BCUT2D eigenvalue weighted by molar-refractivity contribution is 6.33. The average molecular weight is 466 g/mol. The number of aryl methyl sites for hydroxylation is 1. The Labute approximate surface area is 198 Å². The van der Waals surface area contributed by atoms with Crippen LogP contribution >= 0.6 is 11.6 Å².